The molecule has 124 valence electrons. The van der Waals surface area contributed by atoms with Gasteiger partial charge in [-0.05, 0) is 51.3 Å². The van der Waals surface area contributed by atoms with Crippen LogP contribution in [-0.2, 0) is 16.0 Å². The van der Waals surface area contributed by atoms with Crippen LogP contribution in [0.2, 0.25) is 0 Å². The maximum absolute atomic E-state index is 11.9. The van der Waals surface area contributed by atoms with E-state index in [1.54, 1.807) is 13.8 Å². The van der Waals surface area contributed by atoms with Gasteiger partial charge in [0, 0.05) is 30.1 Å². The minimum absolute atomic E-state index is 0.0480. The quantitative estimate of drug-likeness (QED) is 0.734. The summed E-state index contributed by atoms with van der Waals surface area (Å²) in [7, 11) is 0. The van der Waals surface area contributed by atoms with Gasteiger partial charge in [-0.25, -0.2) is 0 Å². The first-order valence-electron chi connectivity index (χ1n) is 7.86. The highest BCUT2D eigenvalue weighted by atomic mass is 16.4. The van der Waals surface area contributed by atoms with Gasteiger partial charge >= 0.3 is 5.97 Å². The summed E-state index contributed by atoms with van der Waals surface area (Å²) in [5, 5.41) is 13.0. The van der Waals surface area contributed by atoms with Crippen molar-refractivity contribution < 1.29 is 14.7 Å². The lowest BCUT2D eigenvalue weighted by molar-refractivity contribution is -0.147. The van der Waals surface area contributed by atoms with Crippen molar-refractivity contribution in [3.05, 3.63) is 35.5 Å². The Balaban J connectivity index is 1.84. The van der Waals surface area contributed by atoms with Crippen LogP contribution in [0.4, 0.5) is 0 Å². The molecular formula is C18H24N2O3. The van der Waals surface area contributed by atoms with Crippen LogP contribution in [0.3, 0.4) is 0 Å². The second kappa shape index (κ2) is 6.86. The molecule has 5 heteroatoms. The van der Waals surface area contributed by atoms with E-state index in [-0.39, 0.29) is 5.91 Å². The highest BCUT2D eigenvalue weighted by Crippen LogP contribution is 2.21. The summed E-state index contributed by atoms with van der Waals surface area (Å²) in [4.78, 5) is 26.2. The fourth-order valence-corrected chi connectivity index (χ4v) is 2.46. The van der Waals surface area contributed by atoms with Gasteiger partial charge in [-0.15, -0.1) is 0 Å². The number of nitrogens with one attached hydrogen (secondary N) is 2. The molecule has 1 aromatic heterocycles. The van der Waals surface area contributed by atoms with Gasteiger partial charge in [-0.2, -0.15) is 0 Å². The SMILES string of the molecule is Cc1ccc2[nH]cc(CCC(=O)NCCC(C)(C)C(=O)O)c2c1. The number of hydrogen-bond acceptors (Lipinski definition) is 2. The molecule has 0 unspecified atom stereocenters. The Bertz CT molecular complexity index is 716. The zero-order chi connectivity index (χ0) is 17.0. The molecule has 0 saturated carbocycles. The van der Waals surface area contributed by atoms with Crippen LogP contribution in [0.15, 0.2) is 24.4 Å². The largest absolute Gasteiger partial charge is 0.481 e. The number of aliphatic carboxylic acids is 1. The van der Waals surface area contributed by atoms with Gasteiger partial charge in [0.15, 0.2) is 0 Å². The highest BCUT2D eigenvalue weighted by Gasteiger charge is 2.26. The van der Waals surface area contributed by atoms with E-state index in [9.17, 15) is 9.59 Å². The third kappa shape index (κ3) is 4.34. The van der Waals surface area contributed by atoms with Crippen molar-refractivity contribution in [1.29, 1.82) is 0 Å². The zero-order valence-electron chi connectivity index (χ0n) is 13.9. The molecule has 0 aliphatic carbocycles. The Kier molecular flexibility index (Phi) is 5.08. The molecule has 0 saturated heterocycles. The third-order valence-electron chi connectivity index (χ3n) is 4.20. The van der Waals surface area contributed by atoms with Gasteiger partial charge in [0.05, 0.1) is 5.41 Å². The molecule has 2 rings (SSSR count). The molecule has 1 amide bonds. The molecule has 5 nitrogen and oxygen atoms in total. The number of H-pyrrole nitrogens is 1. The number of aromatic nitrogens is 1. The van der Waals surface area contributed by atoms with Crippen molar-refractivity contribution >= 4 is 22.8 Å². The predicted molar refractivity (Wildman–Crippen MR) is 90.4 cm³/mol. The Hall–Kier alpha value is -2.30. The number of benzene rings is 1. The van der Waals surface area contributed by atoms with Crippen LogP contribution in [0, 0.1) is 12.3 Å². The lowest BCUT2D eigenvalue weighted by Crippen LogP contribution is -2.32. The second-order valence-corrected chi connectivity index (χ2v) is 6.65. The zero-order valence-corrected chi connectivity index (χ0v) is 13.9. The molecule has 0 bridgehead atoms. The average molecular weight is 316 g/mol. The lowest BCUT2D eigenvalue weighted by Gasteiger charge is -2.18. The Morgan fingerprint density at radius 3 is 2.74 bits per heavy atom. The summed E-state index contributed by atoms with van der Waals surface area (Å²) >= 11 is 0. The van der Waals surface area contributed by atoms with Gasteiger partial charge in [0.25, 0.3) is 0 Å². The molecule has 1 heterocycles. The summed E-state index contributed by atoms with van der Waals surface area (Å²) in [6.45, 7) is 5.75. The van der Waals surface area contributed by atoms with Crippen molar-refractivity contribution in [1.82, 2.24) is 10.3 Å². The van der Waals surface area contributed by atoms with Crippen LogP contribution in [0.1, 0.15) is 37.8 Å². The monoisotopic (exact) mass is 316 g/mol. The number of carbonyl (C=O) groups excluding carboxylic acids is 1. The van der Waals surface area contributed by atoms with Gasteiger partial charge in [-0.1, -0.05) is 11.6 Å². The van der Waals surface area contributed by atoms with Crippen LogP contribution >= 0.6 is 0 Å². The fraction of sp³-hybridized carbons (Fsp3) is 0.444. The van der Waals surface area contributed by atoms with E-state index in [1.165, 1.54) is 5.56 Å². The van der Waals surface area contributed by atoms with Crippen molar-refractivity contribution in [2.45, 2.75) is 40.0 Å². The number of carboxylic acids is 1. The molecule has 0 atom stereocenters. The molecule has 0 spiro atoms. The molecule has 1 aromatic carbocycles. The standard InChI is InChI=1S/C18H24N2O3/c1-12-4-6-15-14(10-12)13(11-20-15)5-7-16(21)19-9-8-18(2,3)17(22)23/h4,6,10-11,20H,5,7-9H2,1-3H3,(H,19,21)(H,22,23). The van der Waals surface area contributed by atoms with E-state index in [4.69, 9.17) is 5.11 Å². The van der Waals surface area contributed by atoms with Crippen LogP contribution in [0.5, 0.6) is 0 Å². The minimum Gasteiger partial charge on any atom is -0.481 e. The first kappa shape index (κ1) is 17.1. The molecule has 0 fully saturated rings. The topological polar surface area (TPSA) is 82.2 Å². The first-order chi connectivity index (χ1) is 10.8. The summed E-state index contributed by atoms with van der Waals surface area (Å²) in [5.41, 5.74) is 2.58. The lowest BCUT2D eigenvalue weighted by atomic mass is 9.90. The van der Waals surface area contributed by atoms with Crippen LogP contribution in [0.25, 0.3) is 10.9 Å². The number of carboxylic acid groups (broad SMARTS) is 1. The molecule has 2 aromatic rings. The summed E-state index contributed by atoms with van der Waals surface area (Å²) in [6.07, 6.45) is 3.43. The van der Waals surface area contributed by atoms with Crippen molar-refractivity contribution in [3.8, 4) is 0 Å². The summed E-state index contributed by atoms with van der Waals surface area (Å²) < 4.78 is 0. The Labute approximate surface area is 136 Å². The van der Waals surface area contributed by atoms with E-state index >= 15 is 0 Å². The van der Waals surface area contributed by atoms with E-state index < -0.39 is 11.4 Å². The Morgan fingerprint density at radius 2 is 2.04 bits per heavy atom. The number of carbonyl (C=O) groups is 2. The predicted octanol–water partition coefficient (Wildman–Crippen LogP) is 3.03. The van der Waals surface area contributed by atoms with Crippen molar-refractivity contribution in [3.63, 3.8) is 0 Å². The molecule has 0 aliphatic rings. The van der Waals surface area contributed by atoms with E-state index in [1.807, 2.05) is 19.2 Å². The van der Waals surface area contributed by atoms with Gasteiger partial charge in [-0.3, -0.25) is 9.59 Å². The number of hydrogen-bond donors (Lipinski definition) is 3. The van der Waals surface area contributed by atoms with Gasteiger partial charge in [0.1, 0.15) is 0 Å². The normalized spacial score (nSPS) is 11.6. The van der Waals surface area contributed by atoms with E-state index in [0.717, 1.165) is 16.5 Å². The third-order valence-corrected chi connectivity index (χ3v) is 4.20. The molecular weight excluding hydrogens is 292 g/mol. The first-order valence-corrected chi connectivity index (χ1v) is 7.86. The molecule has 3 N–H and O–H groups in total. The minimum atomic E-state index is -0.846. The van der Waals surface area contributed by atoms with Crippen molar-refractivity contribution in [2.75, 3.05) is 6.54 Å². The van der Waals surface area contributed by atoms with E-state index in [2.05, 4.69) is 22.4 Å². The summed E-state index contributed by atoms with van der Waals surface area (Å²) in [6, 6.07) is 6.22. The molecule has 0 radical (unpaired) electrons. The Morgan fingerprint density at radius 1 is 1.30 bits per heavy atom. The number of aryl methyl sites for hydroxylation is 2. The van der Waals surface area contributed by atoms with Crippen LogP contribution in [-0.4, -0.2) is 28.5 Å². The van der Waals surface area contributed by atoms with Crippen LogP contribution < -0.4 is 5.32 Å². The number of fused-ring (bicyclic) bond motifs is 1. The van der Waals surface area contributed by atoms with Gasteiger partial charge < -0.3 is 15.4 Å². The number of aromatic amines is 1. The van der Waals surface area contributed by atoms with E-state index in [0.29, 0.717) is 25.8 Å². The number of rotatable bonds is 7. The maximum Gasteiger partial charge on any atom is 0.309 e. The highest BCUT2D eigenvalue weighted by molar-refractivity contribution is 5.85. The van der Waals surface area contributed by atoms with Gasteiger partial charge in [0.2, 0.25) is 5.91 Å². The number of amides is 1. The average Bonchev–Trinajstić information content (AvgIpc) is 2.87. The smallest absolute Gasteiger partial charge is 0.309 e. The second-order valence-electron chi connectivity index (χ2n) is 6.65. The maximum atomic E-state index is 11.9. The molecule has 0 aliphatic heterocycles. The molecule has 23 heavy (non-hydrogen) atoms. The van der Waals surface area contributed by atoms with Crippen molar-refractivity contribution in [2.24, 2.45) is 5.41 Å². The summed E-state index contributed by atoms with van der Waals surface area (Å²) in [5.74, 6) is -0.894. The fourth-order valence-electron chi connectivity index (χ4n) is 2.46.